The average Bonchev–Trinajstić information content (AvgIpc) is 3.19. The molecule has 4 aromatic rings. The predicted octanol–water partition coefficient (Wildman–Crippen LogP) is 5.58. The van der Waals surface area contributed by atoms with Crippen molar-refractivity contribution in [3.05, 3.63) is 63.9 Å². The van der Waals surface area contributed by atoms with Crippen molar-refractivity contribution in [3.63, 3.8) is 0 Å². The average molecular weight is 506 g/mol. The molecule has 0 spiro atoms. The molecular weight excluding hydrogens is 487 g/mol. The van der Waals surface area contributed by atoms with E-state index in [4.69, 9.17) is 55.1 Å². The highest BCUT2D eigenvalue weighted by molar-refractivity contribution is 6.35. The third-order valence-electron chi connectivity index (χ3n) is 5.44. The highest BCUT2D eigenvalue weighted by Crippen LogP contribution is 2.36. The summed E-state index contributed by atoms with van der Waals surface area (Å²) in [6, 6.07) is 5.63. The molecule has 0 amide bonds. The number of nitrogens with two attached hydrogens (primary N) is 1. The van der Waals surface area contributed by atoms with Crippen LogP contribution in [0.2, 0.25) is 15.3 Å². The first-order valence-electron chi connectivity index (χ1n) is 10.3. The first-order chi connectivity index (χ1) is 16.0. The topological polar surface area (TPSA) is 101 Å². The number of aromatic nitrogens is 5. The second-order valence-corrected chi connectivity index (χ2v) is 8.74. The number of ether oxygens (including phenoxy) is 2. The number of hydrogen-bond acceptors (Lipinski definition) is 7. The van der Waals surface area contributed by atoms with Crippen LogP contribution in [0.25, 0.3) is 22.2 Å². The maximum Gasteiger partial charge on any atom is 0.222 e. The predicted molar refractivity (Wildman–Crippen MR) is 126 cm³/mol. The Hall–Kier alpha value is -2.49. The number of hydrogen-bond donors (Lipinski definition) is 1. The van der Waals surface area contributed by atoms with Crippen molar-refractivity contribution in [1.82, 2.24) is 24.7 Å². The molecule has 0 radical (unpaired) electrons. The van der Waals surface area contributed by atoms with Crippen LogP contribution in [-0.4, -0.2) is 31.3 Å². The Morgan fingerprint density at radius 1 is 1.06 bits per heavy atom. The Bertz CT molecular complexity index is 1270. The van der Waals surface area contributed by atoms with Gasteiger partial charge in [-0.2, -0.15) is 5.10 Å². The molecule has 11 heteroatoms. The van der Waals surface area contributed by atoms with Gasteiger partial charge < -0.3 is 9.47 Å². The lowest BCUT2D eigenvalue weighted by molar-refractivity contribution is -0.0365. The van der Waals surface area contributed by atoms with E-state index in [1.165, 1.54) is 12.4 Å². The van der Waals surface area contributed by atoms with Crippen LogP contribution in [-0.2, 0) is 4.74 Å². The molecule has 170 valence electrons. The van der Waals surface area contributed by atoms with Gasteiger partial charge in [-0.25, -0.2) is 14.6 Å². The molecule has 3 aromatic heterocycles. The molecule has 8 nitrogen and oxygen atoms in total. The van der Waals surface area contributed by atoms with Crippen molar-refractivity contribution in [2.45, 2.75) is 31.7 Å². The summed E-state index contributed by atoms with van der Waals surface area (Å²) in [5.74, 6) is 0.527. The minimum Gasteiger partial charge on any atom is -0.471 e. The normalized spacial score (nSPS) is 17.3. The summed E-state index contributed by atoms with van der Waals surface area (Å²) >= 11 is 18.4. The van der Waals surface area contributed by atoms with Gasteiger partial charge in [0.05, 0.1) is 15.6 Å². The Labute approximate surface area is 204 Å². The van der Waals surface area contributed by atoms with Crippen molar-refractivity contribution < 1.29 is 9.47 Å². The smallest absolute Gasteiger partial charge is 0.222 e. The maximum absolute atomic E-state index is 6.27. The number of pyridine rings is 1. The Morgan fingerprint density at radius 2 is 1.82 bits per heavy atom. The van der Waals surface area contributed by atoms with E-state index in [0.717, 1.165) is 35.7 Å². The fraction of sp³-hybridized carbons (Fsp3) is 0.273. The van der Waals surface area contributed by atoms with Gasteiger partial charge in [0.2, 0.25) is 5.28 Å². The molecule has 0 aliphatic carbocycles. The molecule has 2 N–H and O–H groups in total. The van der Waals surface area contributed by atoms with Gasteiger partial charge in [0, 0.05) is 47.9 Å². The summed E-state index contributed by atoms with van der Waals surface area (Å²) in [6.45, 7) is 0.703. The van der Waals surface area contributed by atoms with Crippen molar-refractivity contribution >= 4 is 45.7 Å². The summed E-state index contributed by atoms with van der Waals surface area (Å²) in [6.07, 6.45) is 8.20. The summed E-state index contributed by atoms with van der Waals surface area (Å²) in [4.78, 5) is 12.2. The van der Waals surface area contributed by atoms with Crippen LogP contribution in [0.5, 0.6) is 5.75 Å². The molecule has 2 atom stereocenters. The lowest BCUT2D eigenvalue weighted by atomic mass is 10.1. The third kappa shape index (κ3) is 4.49. The molecule has 1 aliphatic heterocycles. The van der Waals surface area contributed by atoms with Crippen LogP contribution < -0.4 is 10.5 Å². The molecule has 1 saturated heterocycles. The summed E-state index contributed by atoms with van der Waals surface area (Å²) < 4.78 is 13.9. The van der Waals surface area contributed by atoms with Crippen LogP contribution in [0.15, 0.2) is 43.0 Å². The van der Waals surface area contributed by atoms with Crippen LogP contribution in [0.3, 0.4) is 0 Å². The van der Waals surface area contributed by atoms with Gasteiger partial charge >= 0.3 is 0 Å². The fourth-order valence-electron chi connectivity index (χ4n) is 3.88. The van der Waals surface area contributed by atoms with Gasteiger partial charge in [0.15, 0.2) is 12.5 Å². The molecule has 4 heterocycles. The minimum absolute atomic E-state index is 0.147. The van der Waals surface area contributed by atoms with E-state index in [1.54, 1.807) is 12.4 Å². The van der Waals surface area contributed by atoms with Crippen LogP contribution in [0.1, 0.15) is 37.3 Å². The van der Waals surface area contributed by atoms with Crippen molar-refractivity contribution in [3.8, 4) is 17.0 Å². The SMILES string of the molecule is N[C@@H](Oc1ccc2c(c1)c(-c1cnc(Cl)nc1)nn2C1CCCCO1)c1c(Cl)cncc1Cl. The lowest BCUT2D eigenvalue weighted by Gasteiger charge is -2.23. The first-order valence-corrected chi connectivity index (χ1v) is 11.5. The largest absolute Gasteiger partial charge is 0.471 e. The monoisotopic (exact) mass is 504 g/mol. The molecule has 1 fully saturated rings. The van der Waals surface area contributed by atoms with E-state index in [9.17, 15) is 0 Å². The van der Waals surface area contributed by atoms with Crippen molar-refractivity contribution in [2.24, 2.45) is 5.73 Å². The Morgan fingerprint density at radius 3 is 2.52 bits per heavy atom. The lowest BCUT2D eigenvalue weighted by Crippen LogP contribution is -2.19. The molecule has 0 bridgehead atoms. The molecule has 1 unspecified atom stereocenters. The van der Waals surface area contributed by atoms with Crippen LogP contribution in [0.4, 0.5) is 0 Å². The summed E-state index contributed by atoms with van der Waals surface area (Å²) in [7, 11) is 0. The highest BCUT2D eigenvalue weighted by atomic mass is 35.5. The van der Waals surface area contributed by atoms with Crippen LogP contribution in [0, 0.1) is 0 Å². The van der Waals surface area contributed by atoms with Gasteiger partial charge in [-0.3, -0.25) is 10.7 Å². The Balaban J connectivity index is 1.57. The third-order valence-corrected chi connectivity index (χ3v) is 6.24. The van der Waals surface area contributed by atoms with Crippen LogP contribution >= 0.6 is 34.8 Å². The van der Waals surface area contributed by atoms with E-state index in [2.05, 4.69) is 15.0 Å². The fourth-order valence-corrected chi connectivity index (χ4v) is 4.55. The van der Waals surface area contributed by atoms with Gasteiger partial charge in [-0.15, -0.1) is 0 Å². The maximum atomic E-state index is 6.27. The summed E-state index contributed by atoms with van der Waals surface area (Å²) in [5.41, 5.74) is 9.04. The van der Waals surface area contributed by atoms with E-state index < -0.39 is 6.23 Å². The number of benzene rings is 1. The molecule has 0 saturated carbocycles. The van der Waals surface area contributed by atoms with E-state index in [-0.39, 0.29) is 11.5 Å². The highest BCUT2D eigenvalue weighted by Gasteiger charge is 2.23. The van der Waals surface area contributed by atoms with Crippen molar-refractivity contribution in [1.29, 1.82) is 0 Å². The number of halogens is 3. The second-order valence-electron chi connectivity index (χ2n) is 7.59. The van der Waals surface area contributed by atoms with E-state index in [0.29, 0.717) is 33.7 Å². The zero-order valence-electron chi connectivity index (χ0n) is 17.3. The van der Waals surface area contributed by atoms with Crippen molar-refractivity contribution in [2.75, 3.05) is 6.61 Å². The quantitative estimate of drug-likeness (QED) is 0.279. The Kier molecular flexibility index (Phi) is 6.36. The summed E-state index contributed by atoms with van der Waals surface area (Å²) in [5, 5.41) is 6.52. The molecule has 1 aromatic carbocycles. The zero-order valence-corrected chi connectivity index (χ0v) is 19.6. The minimum atomic E-state index is -0.885. The van der Waals surface area contributed by atoms with Gasteiger partial charge in [-0.1, -0.05) is 23.2 Å². The number of rotatable bonds is 5. The van der Waals surface area contributed by atoms with E-state index >= 15 is 0 Å². The molecule has 33 heavy (non-hydrogen) atoms. The molecule has 5 rings (SSSR count). The first kappa shape index (κ1) is 22.3. The number of fused-ring (bicyclic) bond motifs is 1. The second kappa shape index (κ2) is 9.40. The van der Waals surface area contributed by atoms with E-state index in [1.807, 2.05) is 22.9 Å². The number of nitrogens with zero attached hydrogens (tertiary/aromatic N) is 5. The van der Waals surface area contributed by atoms with Gasteiger partial charge in [-0.05, 0) is 49.1 Å². The standard InChI is InChI=1S/C22H19Cl3N6O2/c23-15-10-27-11-16(24)19(15)21(26)33-13-4-5-17-14(7-13)20(12-8-28-22(25)29-9-12)30-31(17)18-3-1-2-6-32-18/h4-5,7-11,18,21H,1-3,6,26H2/t18?,21-/m0/s1. The van der Waals surface area contributed by atoms with Gasteiger partial charge in [0.1, 0.15) is 11.4 Å². The zero-order chi connectivity index (χ0) is 22.9. The molecule has 1 aliphatic rings. The van der Waals surface area contributed by atoms with Gasteiger partial charge in [0.25, 0.3) is 0 Å². The molecular formula is C22H19Cl3N6O2.